The van der Waals surface area contributed by atoms with Gasteiger partial charge in [-0.15, -0.1) is 17.9 Å². The van der Waals surface area contributed by atoms with E-state index in [1.54, 1.807) is 6.08 Å². The molecule has 3 heterocycles. The van der Waals surface area contributed by atoms with Crippen LogP contribution in [-0.4, -0.2) is 47.2 Å². The predicted octanol–water partition coefficient (Wildman–Crippen LogP) is 3.01. The van der Waals surface area contributed by atoms with Gasteiger partial charge in [0.25, 0.3) is 5.56 Å². The van der Waals surface area contributed by atoms with E-state index in [1.807, 2.05) is 36.6 Å². The zero-order valence-corrected chi connectivity index (χ0v) is 20.0. The standard InChI is InChI=1S/C22H23N3O4S3/c1-3-9-25-21(27)19-17(15-6-4-14(2)5-7-15)11-30-20(19)24-22(25)31-12-18(26)23-16-8-10-32(28,29)13-16/h3-7,11,16H,1,8-10,12-13H2,2H3,(H,23,26). The first-order valence-electron chi connectivity index (χ1n) is 10.1. The Hall–Kier alpha value is -2.43. The Kier molecular flexibility index (Phi) is 6.55. The molecule has 4 rings (SSSR count). The summed E-state index contributed by atoms with van der Waals surface area (Å²) in [4.78, 5) is 31.0. The third-order valence-corrected chi connectivity index (χ3v) is 8.88. The summed E-state index contributed by atoms with van der Waals surface area (Å²) in [6, 6.07) is 7.64. The number of carbonyl (C=O) groups is 1. The number of thioether (sulfide) groups is 1. The number of nitrogens with zero attached hydrogens (tertiary/aromatic N) is 2. The molecule has 7 nitrogen and oxygen atoms in total. The van der Waals surface area contributed by atoms with Crippen molar-refractivity contribution in [2.45, 2.75) is 31.1 Å². The van der Waals surface area contributed by atoms with E-state index < -0.39 is 9.84 Å². The lowest BCUT2D eigenvalue weighted by Gasteiger charge is -2.13. The Balaban J connectivity index is 1.60. The molecule has 1 aromatic carbocycles. The Labute approximate surface area is 194 Å². The molecule has 10 heteroatoms. The molecule has 3 aromatic rings. The Morgan fingerprint density at radius 2 is 2.12 bits per heavy atom. The van der Waals surface area contributed by atoms with E-state index in [0.717, 1.165) is 28.5 Å². The van der Waals surface area contributed by atoms with Gasteiger partial charge in [-0.2, -0.15) is 0 Å². The van der Waals surface area contributed by atoms with E-state index in [0.29, 0.717) is 21.8 Å². The number of benzene rings is 1. The highest BCUT2D eigenvalue weighted by Crippen LogP contribution is 2.32. The fourth-order valence-corrected chi connectivity index (χ4v) is 7.14. The van der Waals surface area contributed by atoms with Crippen LogP contribution in [-0.2, 0) is 21.2 Å². The average molecular weight is 490 g/mol. The Morgan fingerprint density at radius 1 is 1.38 bits per heavy atom. The fraction of sp³-hybridized carbons (Fsp3) is 0.318. The van der Waals surface area contributed by atoms with Gasteiger partial charge < -0.3 is 5.32 Å². The number of rotatable bonds is 7. The van der Waals surface area contributed by atoms with Crippen LogP contribution in [0.4, 0.5) is 0 Å². The summed E-state index contributed by atoms with van der Waals surface area (Å²) in [5, 5.41) is 5.70. The predicted molar refractivity (Wildman–Crippen MR) is 130 cm³/mol. The molecule has 1 unspecified atom stereocenters. The molecule has 0 aliphatic carbocycles. The van der Waals surface area contributed by atoms with Crippen molar-refractivity contribution in [3.05, 3.63) is 58.2 Å². The van der Waals surface area contributed by atoms with Crippen LogP contribution in [0.15, 0.2) is 52.3 Å². The quantitative estimate of drug-likeness (QED) is 0.311. The van der Waals surface area contributed by atoms with Gasteiger partial charge in [0.05, 0.1) is 22.6 Å². The van der Waals surface area contributed by atoms with Crippen molar-refractivity contribution in [3.8, 4) is 11.1 Å². The molecule has 1 N–H and O–H groups in total. The highest BCUT2D eigenvalue weighted by atomic mass is 32.2. The third kappa shape index (κ3) is 4.82. The molecule has 1 aliphatic heterocycles. The van der Waals surface area contributed by atoms with Crippen LogP contribution in [0.3, 0.4) is 0 Å². The smallest absolute Gasteiger partial charge is 0.263 e. The summed E-state index contributed by atoms with van der Waals surface area (Å²) in [6.07, 6.45) is 2.06. The van der Waals surface area contributed by atoms with E-state index in [-0.39, 0.29) is 41.3 Å². The molecular weight excluding hydrogens is 466 g/mol. The van der Waals surface area contributed by atoms with Gasteiger partial charge in [-0.25, -0.2) is 13.4 Å². The maximum Gasteiger partial charge on any atom is 0.263 e. The van der Waals surface area contributed by atoms with Gasteiger partial charge in [0, 0.05) is 23.5 Å². The zero-order chi connectivity index (χ0) is 22.9. The van der Waals surface area contributed by atoms with Crippen LogP contribution in [0, 0.1) is 6.92 Å². The molecular formula is C22H23N3O4S3. The van der Waals surface area contributed by atoms with Gasteiger partial charge in [0.1, 0.15) is 4.83 Å². The molecule has 168 valence electrons. The maximum atomic E-state index is 13.4. The number of allylic oxidation sites excluding steroid dienone is 1. The molecule has 0 spiro atoms. The normalized spacial score (nSPS) is 17.5. The lowest BCUT2D eigenvalue weighted by Crippen LogP contribution is -2.36. The number of hydrogen-bond acceptors (Lipinski definition) is 7. The SMILES string of the molecule is C=CCn1c(SCC(=O)NC2CCS(=O)(=O)C2)nc2scc(-c3ccc(C)cc3)c2c1=O. The molecule has 32 heavy (non-hydrogen) atoms. The van der Waals surface area contributed by atoms with E-state index in [4.69, 9.17) is 0 Å². The fourth-order valence-electron chi connectivity index (χ4n) is 3.66. The first kappa shape index (κ1) is 22.8. The lowest BCUT2D eigenvalue weighted by atomic mass is 10.1. The number of fused-ring (bicyclic) bond motifs is 1. The van der Waals surface area contributed by atoms with Gasteiger partial charge in [-0.05, 0) is 18.9 Å². The molecule has 0 bridgehead atoms. The monoisotopic (exact) mass is 489 g/mol. The van der Waals surface area contributed by atoms with Crippen LogP contribution < -0.4 is 10.9 Å². The van der Waals surface area contributed by atoms with Crippen LogP contribution in [0.5, 0.6) is 0 Å². The topological polar surface area (TPSA) is 98.1 Å². The van der Waals surface area contributed by atoms with Crippen LogP contribution >= 0.6 is 23.1 Å². The Bertz CT molecular complexity index is 1340. The number of sulfone groups is 1. The maximum absolute atomic E-state index is 13.4. The van der Waals surface area contributed by atoms with E-state index in [9.17, 15) is 18.0 Å². The first-order valence-corrected chi connectivity index (χ1v) is 13.8. The van der Waals surface area contributed by atoms with E-state index >= 15 is 0 Å². The van der Waals surface area contributed by atoms with Crippen LogP contribution in [0.25, 0.3) is 21.3 Å². The molecule has 1 saturated heterocycles. The van der Waals surface area contributed by atoms with Gasteiger partial charge in [-0.3, -0.25) is 14.2 Å². The highest BCUT2D eigenvalue weighted by Gasteiger charge is 2.29. The Morgan fingerprint density at radius 3 is 2.78 bits per heavy atom. The zero-order valence-electron chi connectivity index (χ0n) is 17.5. The van der Waals surface area contributed by atoms with E-state index in [1.165, 1.54) is 15.9 Å². The molecule has 1 atom stereocenters. The molecule has 2 aromatic heterocycles. The number of nitrogens with one attached hydrogen (secondary N) is 1. The number of aryl methyl sites for hydroxylation is 1. The number of aromatic nitrogens is 2. The van der Waals surface area contributed by atoms with Crippen LogP contribution in [0.2, 0.25) is 0 Å². The van der Waals surface area contributed by atoms with Crippen molar-refractivity contribution in [1.29, 1.82) is 0 Å². The van der Waals surface area contributed by atoms with Gasteiger partial charge >= 0.3 is 0 Å². The minimum absolute atomic E-state index is 0.0221. The van der Waals surface area contributed by atoms with Crippen molar-refractivity contribution >= 4 is 49.1 Å². The molecule has 1 fully saturated rings. The lowest BCUT2D eigenvalue weighted by molar-refractivity contribution is -0.119. The van der Waals surface area contributed by atoms with Crippen molar-refractivity contribution in [1.82, 2.24) is 14.9 Å². The van der Waals surface area contributed by atoms with Crippen molar-refractivity contribution in [3.63, 3.8) is 0 Å². The number of amides is 1. The third-order valence-electron chi connectivity index (χ3n) is 5.26. The highest BCUT2D eigenvalue weighted by molar-refractivity contribution is 7.99. The molecule has 0 radical (unpaired) electrons. The molecule has 1 aliphatic rings. The van der Waals surface area contributed by atoms with Crippen LogP contribution in [0.1, 0.15) is 12.0 Å². The van der Waals surface area contributed by atoms with E-state index in [2.05, 4.69) is 16.9 Å². The summed E-state index contributed by atoms with van der Waals surface area (Å²) in [5.74, 6) is -0.152. The second kappa shape index (κ2) is 9.21. The number of carbonyl (C=O) groups excluding carboxylic acids is 1. The van der Waals surface area contributed by atoms with Gasteiger partial charge in [0.2, 0.25) is 5.91 Å². The minimum Gasteiger partial charge on any atom is -0.352 e. The summed E-state index contributed by atoms with van der Waals surface area (Å²) in [5.41, 5.74) is 2.77. The second-order valence-electron chi connectivity index (χ2n) is 7.75. The molecule has 0 saturated carbocycles. The molecule has 1 amide bonds. The summed E-state index contributed by atoms with van der Waals surface area (Å²) >= 11 is 2.56. The average Bonchev–Trinajstić information content (AvgIpc) is 3.32. The first-order chi connectivity index (χ1) is 15.3. The summed E-state index contributed by atoms with van der Waals surface area (Å²) < 4.78 is 24.7. The van der Waals surface area contributed by atoms with Gasteiger partial charge in [0.15, 0.2) is 15.0 Å². The van der Waals surface area contributed by atoms with Crippen molar-refractivity contribution in [2.24, 2.45) is 0 Å². The minimum atomic E-state index is -3.06. The summed E-state index contributed by atoms with van der Waals surface area (Å²) in [6.45, 7) is 6.03. The largest absolute Gasteiger partial charge is 0.352 e. The summed E-state index contributed by atoms with van der Waals surface area (Å²) in [7, 11) is -3.06. The van der Waals surface area contributed by atoms with Gasteiger partial charge in [-0.1, -0.05) is 47.7 Å². The number of hydrogen-bond donors (Lipinski definition) is 1. The number of thiophene rings is 1. The van der Waals surface area contributed by atoms with Crippen molar-refractivity contribution < 1.29 is 13.2 Å². The van der Waals surface area contributed by atoms with Crippen molar-refractivity contribution in [2.75, 3.05) is 17.3 Å². The second-order valence-corrected chi connectivity index (χ2v) is 11.8.